The van der Waals surface area contributed by atoms with Crippen LogP contribution in [0.25, 0.3) is 0 Å². The molecule has 1 fully saturated rings. The van der Waals surface area contributed by atoms with Gasteiger partial charge in [0.2, 0.25) is 0 Å². The number of rotatable bonds is 6. The number of phenolic OH excluding ortho intramolecular Hbond substituents is 1. The Morgan fingerprint density at radius 2 is 1.85 bits per heavy atom. The Morgan fingerprint density at radius 1 is 1.11 bits per heavy atom. The van der Waals surface area contributed by atoms with Crippen LogP contribution in [0.3, 0.4) is 0 Å². The van der Waals surface area contributed by atoms with Crippen LogP contribution in [0.1, 0.15) is 30.9 Å². The highest BCUT2D eigenvalue weighted by atomic mass is 127. The first kappa shape index (κ1) is 21.4. The number of aromatic hydroxyl groups is 1. The van der Waals surface area contributed by atoms with E-state index < -0.39 is 5.82 Å². The van der Waals surface area contributed by atoms with E-state index in [9.17, 15) is 13.9 Å². The highest BCUT2D eigenvalue weighted by Gasteiger charge is 2.45. The molecule has 0 heterocycles. The number of halogens is 3. The molecule has 146 valence electrons. The van der Waals surface area contributed by atoms with E-state index in [1.807, 2.05) is 19.1 Å². The first-order chi connectivity index (χ1) is 12.5. The lowest BCUT2D eigenvalue weighted by molar-refractivity contribution is 0.432. The van der Waals surface area contributed by atoms with E-state index in [1.54, 1.807) is 12.1 Å². The molecule has 2 aromatic carbocycles. The van der Waals surface area contributed by atoms with Crippen molar-refractivity contribution in [1.29, 1.82) is 0 Å². The van der Waals surface area contributed by atoms with Crippen molar-refractivity contribution in [2.45, 2.75) is 31.7 Å². The van der Waals surface area contributed by atoms with Gasteiger partial charge in [0, 0.05) is 18.5 Å². The molecule has 4 nitrogen and oxygen atoms in total. The summed E-state index contributed by atoms with van der Waals surface area (Å²) < 4.78 is 27.5. The van der Waals surface area contributed by atoms with Crippen molar-refractivity contribution in [2.75, 3.05) is 13.1 Å². The number of benzene rings is 2. The van der Waals surface area contributed by atoms with Crippen LogP contribution in [-0.4, -0.2) is 24.2 Å². The van der Waals surface area contributed by atoms with Crippen molar-refractivity contribution >= 4 is 29.9 Å². The lowest BCUT2D eigenvalue weighted by Gasteiger charge is -2.19. The molecule has 0 amide bonds. The molecule has 1 aliphatic rings. The number of guanidine groups is 1. The van der Waals surface area contributed by atoms with Gasteiger partial charge >= 0.3 is 0 Å². The third kappa shape index (κ3) is 5.31. The van der Waals surface area contributed by atoms with Crippen molar-refractivity contribution in [3.8, 4) is 5.75 Å². The maximum atomic E-state index is 14.1. The van der Waals surface area contributed by atoms with E-state index in [-0.39, 0.29) is 47.5 Å². The minimum Gasteiger partial charge on any atom is -0.505 e. The average Bonchev–Trinajstić information content (AvgIpc) is 3.41. The lowest BCUT2D eigenvalue weighted by atomic mass is 9.95. The van der Waals surface area contributed by atoms with Gasteiger partial charge in [0.05, 0.1) is 6.54 Å². The standard InChI is InChI=1S/C20H23F2N3O.HI/c1-2-23-19(24-12-14-7-8-18(26)17(22)11-14)25-13-20(9-10-20)15-5-3-4-6-16(15)21;/h3-8,11,26H,2,9-10,12-13H2,1H3,(H2,23,24,25);1H. The summed E-state index contributed by atoms with van der Waals surface area (Å²) in [5.41, 5.74) is 1.21. The van der Waals surface area contributed by atoms with Crippen LogP contribution in [-0.2, 0) is 12.0 Å². The molecule has 7 heteroatoms. The summed E-state index contributed by atoms with van der Waals surface area (Å²) in [4.78, 5) is 4.45. The Hall–Kier alpha value is -1.90. The Labute approximate surface area is 175 Å². The van der Waals surface area contributed by atoms with Crippen molar-refractivity contribution in [2.24, 2.45) is 4.99 Å². The van der Waals surface area contributed by atoms with E-state index in [0.29, 0.717) is 24.6 Å². The first-order valence-electron chi connectivity index (χ1n) is 8.79. The SMILES string of the molecule is CCNC(=NCc1ccc(O)c(F)c1)NCC1(c2ccccc2F)CC1.I. The second-order valence-electron chi connectivity index (χ2n) is 6.59. The molecule has 1 saturated carbocycles. The molecule has 0 aromatic heterocycles. The van der Waals surface area contributed by atoms with Gasteiger partial charge in [0.1, 0.15) is 5.82 Å². The van der Waals surface area contributed by atoms with Crippen LogP contribution in [0, 0.1) is 11.6 Å². The minimum atomic E-state index is -0.660. The number of nitrogens with zero attached hydrogens (tertiary/aromatic N) is 1. The number of nitrogens with one attached hydrogen (secondary N) is 2. The molecule has 0 saturated heterocycles. The van der Waals surface area contributed by atoms with E-state index in [1.165, 1.54) is 18.2 Å². The fourth-order valence-corrected chi connectivity index (χ4v) is 3.00. The van der Waals surface area contributed by atoms with Crippen LogP contribution >= 0.6 is 24.0 Å². The normalized spacial score (nSPS) is 15.0. The number of phenols is 1. The number of hydrogen-bond acceptors (Lipinski definition) is 2. The van der Waals surface area contributed by atoms with Gasteiger partial charge < -0.3 is 15.7 Å². The summed E-state index contributed by atoms with van der Waals surface area (Å²) in [5, 5.41) is 15.7. The highest BCUT2D eigenvalue weighted by molar-refractivity contribution is 14.0. The van der Waals surface area contributed by atoms with Gasteiger partial charge in [-0.3, -0.25) is 0 Å². The monoisotopic (exact) mass is 487 g/mol. The smallest absolute Gasteiger partial charge is 0.191 e. The summed E-state index contributed by atoms with van der Waals surface area (Å²) >= 11 is 0. The molecule has 3 N–H and O–H groups in total. The molecule has 1 aliphatic carbocycles. The molecule has 0 atom stereocenters. The van der Waals surface area contributed by atoms with Crippen LogP contribution in [0.4, 0.5) is 8.78 Å². The van der Waals surface area contributed by atoms with Crippen molar-refractivity contribution in [3.63, 3.8) is 0 Å². The van der Waals surface area contributed by atoms with Gasteiger partial charge in [-0.05, 0) is 49.1 Å². The van der Waals surface area contributed by atoms with Gasteiger partial charge in [-0.15, -0.1) is 24.0 Å². The predicted octanol–water partition coefficient (Wildman–Crippen LogP) is 4.08. The summed E-state index contributed by atoms with van der Waals surface area (Å²) in [7, 11) is 0. The van der Waals surface area contributed by atoms with Crippen molar-refractivity contribution in [3.05, 3.63) is 65.2 Å². The molecule has 2 aromatic rings. The largest absolute Gasteiger partial charge is 0.505 e. The van der Waals surface area contributed by atoms with Crippen LogP contribution in [0.15, 0.2) is 47.5 Å². The van der Waals surface area contributed by atoms with Crippen LogP contribution < -0.4 is 10.6 Å². The van der Waals surface area contributed by atoms with Gasteiger partial charge in [0.15, 0.2) is 17.5 Å². The van der Waals surface area contributed by atoms with Gasteiger partial charge in [0.25, 0.3) is 0 Å². The van der Waals surface area contributed by atoms with Gasteiger partial charge in [-0.2, -0.15) is 0 Å². The minimum absolute atomic E-state index is 0. The van der Waals surface area contributed by atoms with E-state index in [0.717, 1.165) is 18.4 Å². The molecule has 0 radical (unpaired) electrons. The number of hydrogen-bond donors (Lipinski definition) is 3. The summed E-state index contributed by atoms with van der Waals surface area (Å²) in [6.07, 6.45) is 1.87. The van der Waals surface area contributed by atoms with Gasteiger partial charge in [-0.25, -0.2) is 13.8 Å². The third-order valence-corrected chi connectivity index (χ3v) is 4.67. The maximum Gasteiger partial charge on any atom is 0.191 e. The number of aliphatic imine (C=N–C) groups is 1. The van der Waals surface area contributed by atoms with E-state index in [4.69, 9.17) is 0 Å². The fraction of sp³-hybridized carbons (Fsp3) is 0.350. The molecule has 0 bridgehead atoms. The highest BCUT2D eigenvalue weighted by Crippen LogP contribution is 2.48. The summed E-state index contributed by atoms with van der Waals surface area (Å²) in [6, 6.07) is 11.1. The van der Waals surface area contributed by atoms with Crippen molar-refractivity contribution in [1.82, 2.24) is 10.6 Å². The Kier molecular flexibility index (Phi) is 7.41. The zero-order valence-corrected chi connectivity index (χ0v) is 17.5. The second-order valence-corrected chi connectivity index (χ2v) is 6.59. The molecular formula is C20H24F2IN3O. The topological polar surface area (TPSA) is 56.7 Å². The Balaban J connectivity index is 0.00000261. The Morgan fingerprint density at radius 3 is 2.48 bits per heavy atom. The van der Waals surface area contributed by atoms with Gasteiger partial charge in [-0.1, -0.05) is 24.3 Å². The molecule has 3 rings (SSSR count). The predicted molar refractivity (Wildman–Crippen MR) is 114 cm³/mol. The quantitative estimate of drug-likeness (QED) is 0.327. The zero-order valence-electron chi connectivity index (χ0n) is 15.1. The van der Waals surface area contributed by atoms with E-state index >= 15 is 0 Å². The Bertz CT molecular complexity index is 810. The molecule has 27 heavy (non-hydrogen) atoms. The summed E-state index contributed by atoms with van der Waals surface area (Å²) in [6.45, 7) is 3.51. The lowest BCUT2D eigenvalue weighted by Crippen LogP contribution is -2.41. The average molecular weight is 487 g/mol. The van der Waals surface area contributed by atoms with Crippen LogP contribution in [0.5, 0.6) is 5.75 Å². The molecule has 0 unspecified atom stereocenters. The first-order valence-corrected chi connectivity index (χ1v) is 8.79. The zero-order chi connectivity index (χ0) is 18.6. The van der Waals surface area contributed by atoms with Crippen LogP contribution in [0.2, 0.25) is 0 Å². The van der Waals surface area contributed by atoms with Crippen molar-refractivity contribution < 1.29 is 13.9 Å². The maximum absolute atomic E-state index is 14.1. The molecule has 0 spiro atoms. The molecular weight excluding hydrogens is 463 g/mol. The molecule has 0 aliphatic heterocycles. The second kappa shape index (κ2) is 9.34. The van der Waals surface area contributed by atoms with E-state index in [2.05, 4.69) is 15.6 Å². The summed E-state index contributed by atoms with van der Waals surface area (Å²) in [5.74, 6) is -0.604. The fourth-order valence-electron chi connectivity index (χ4n) is 3.00. The third-order valence-electron chi connectivity index (χ3n) is 4.67.